The van der Waals surface area contributed by atoms with Gasteiger partial charge in [-0.3, -0.25) is 0 Å². The Morgan fingerprint density at radius 3 is 2.80 bits per heavy atom. The highest BCUT2D eigenvalue weighted by Gasteiger charge is 2.22. The van der Waals surface area contributed by atoms with Gasteiger partial charge in [-0.2, -0.15) is 0 Å². The van der Waals surface area contributed by atoms with Crippen molar-refractivity contribution in [3.8, 4) is 0 Å². The maximum absolute atomic E-state index is 5.58. The molecule has 5 heteroatoms. The highest BCUT2D eigenvalue weighted by molar-refractivity contribution is 9.10. The van der Waals surface area contributed by atoms with E-state index in [0.717, 1.165) is 60.8 Å². The second-order valence-corrected chi connectivity index (χ2v) is 6.42. The fraction of sp³-hybridized carbons (Fsp3) is 0.733. The van der Waals surface area contributed by atoms with E-state index in [1.54, 1.807) is 0 Å². The predicted molar refractivity (Wildman–Crippen MR) is 85.4 cm³/mol. The molecule has 20 heavy (non-hydrogen) atoms. The van der Waals surface area contributed by atoms with Crippen LogP contribution in [0.4, 0.5) is 5.82 Å². The lowest BCUT2D eigenvalue weighted by atomic mass is 10.0. The molecule has 0 amide bonds. The molecule has 1 aromatic rings. The van der Waals surface area contributed by atoms with Crippen molar-refractivity contribution in [2.45, 2.75) is 51.9 Å². The second-order valence-electron chi connectivity index (χ2n) is 5.63. The van der Waals surface area contributed by atoms with Crippen molar-refractivity contribution in [3.05, 3.63) is 16.0 Å². The third kappa shape index (κ3) is 3.70. The lowest BCUT2D eigenvalue weighted by Crippen LogP contribution is -2.20. The van der Waals surface area contributed by atoms with Crippen LogP contribution in [0.25, 0.3) is 0 Å². The van der Waals surface area contributed by atoms with Crippen LogP contribution in [-0.2, 0) is 4.74 Å². The van der Waals surface area contributed by atoms with E-state index in [1.165, 1.54) is 0 Å². The molecule has 1 aliphatic heterocycles. The Morgan fingerprint density at radius 1 is 1.40 bits per heavy atom. The van der Waals surface area contributed by atoms with Crippen molar-refractivity contribution in [1.82, 2.24) is 9.97 Å². The van der Waals surface area contributed by atoms with Crippen LogP contribution < -0.4 is 5.32 Å². The summed E-state index contributed by atoms with van der Waals surface area (Å²) in [5.74, 6) is 2.55. The Labute approximate surface area is 129 Å². The zero-order valence-electron chi connectivity index (χ0n) is 12.6. The number of nitrogens with zero attached hydrogens (tertiary/aromatic N) is 2. The smallest absolute Gasteiger partial charge is 0.144 e. The summed E-state index contributed by atoms with van der Waals surface area (Å²) in [6.45, 7) is 9.02. The number of hydrogen-bond acceptors (Lipinski definition) is 4. The van der Waals surface area contributed by atoms with Gasteiger partial charge < -0.3 is 10.1 Å². The summed E-state index contributed by atoms with van der Waals surface area (Å²) in [4.78, 5) is 9.51. The first-order valence-corrected chi connectivity index (χ1v) is 8.31. The van der Waals surface area contributed by atoms with E-state index in [1.807, 2.05) is 0 Å². The van der Waals surface area contributed by atoms with Crippen molar-refractivity contribution < 1.29 is 4.74 Å². The zero-order valence-corrected chi connectivity index (χ0v) is 14.2. The lowest BCUT2D eigenvalue weighted by molar-refractivity contribution is 0.0780. The van der Waals surface area contributed by atoms with E-state index in [0.29, 0.717) is 11.8 Å². The Kier molecular flexibility index (Phi) is 5.78. The van der Waals surface area contributed by atoms with Crippen LogP contribution in [-0.4, -0.2) is 29.7 Å². The van der Waals surface area contributed by atoms with Gasteiger partial charge in [-0.05, 0) is 41.1 Å². The van der Waals surface area contributed by atoms with Gasteiger partial charge in [0.1, 0.15) is 11.6 Å². The number of rotatable bonds is 5. The van der Waals surface area contributed by atoms with E-state index >= 15 is 0 Å². The molecule has 1 aromatic heterocycles. The molecule has 0 aromatic carbocycles. The maximum atomic E-state index is 5.58. The number of nitrogens with one attached hydrogen (secondary N) is 1. The highest BCUT2D eigenvalue weighted by Crippen LogP contribution is 2.32. The predicted octanol–water partition coefficient (Wildman–Crippen LogP) is 4.08. The van der Waals surface area contributed by atoms with E-state index in [9.17, 15) is 0 Å². The summed E-state index contributed by atoms with van der Waals surface area (Å²) in [6.07, 6.45) is 3.29. The molecule has 1 unspecified atom stereocenters. The molecule has 4 nitrogen and oxygen atoms in total. The number of hydrogen-bond donors (Lipinski definition) is 1. The zero-order chi connectivity index (χ0) is 14.5. The monoisotopic (exact) mass is 341 g/mol. The molecule has 1 N–H and O–H groups in total. The van der Waals surface area contributed by atoms with E-state index < -0.39 is 0 Å². The molecule has 0 spiro atoms. The quantitative estimate of drug-likeness (QED) is 0.876. The number of ether oxygens (including phenoxy) is 1. The Bertz CT molecular complexity index is 445. The molecule has 0 radical (unpaired) electrons. The van der Waals surface area contributed by atoms with Crippen LogP contribution in [0.5, 0.6) is 0 Å². The van der Waals surface area contributed by atoms with Crippen molar-refractivity contribution >= 4 is 21.7 Å². The van der Waals surface area contributed by atoms with Gasteiger partial charge in [0.05, 0.1) is 16.8 Å². The molecular formula is C15H24BrN3O. The van der Waals surface area contributed by atoms with Crippen LogP contribution in [0, 0.1) is 0 Å². The van der Waals surface area contributed by atoms with Gasteiger partial charge in [0.15, 0.2) is 0 Å². The van der Waals surface area contributed by atoms with Crippen LogP contribution in [0.3, 0.4) is 0 Å². The van der Waals surface area contributed by atoms with Gasteiger partial charge >= 0.3 is 0 Å². The van der Waals surface area contributed by atoms with Gasteiger partial charge in [0, 0.05) is 19.1 Å². The molecule has 1 saturated heterocycles. The van der Waals surface area contributed by atoms with Gasteiger partial charge in [-0.15, -0.1) is 0 Å². The second kappa shape index (κ2) is 7.36. The first-order valence-electron chi connectivity index (χ1n) is 7.52. The molecule has 2 heterocycles. The van der Waals surface area contributed by atoms with Crippen molar-refractivity contribution in [2.75, 3.05) is 25.1 Å². The maximum Gasteiger partial charge on any atom is 0.144 e. The molecule has 1 aliphatic rings. The normalized spacial score (nSPS) is 19.4. The lowest BCUT2D eigenvalue weighted by Gasteiger charge is -2.23. The molecule has 1 fully saturated rings. The topological polar surface area (TPSA) is 47.0 Å². The molecule has 0 aliphatic carbocycles. The van der Waals surface area contributed by atoms with Crippen LogP contribution in [0.1, 0.15) is 63.4 Å². The summed E-state index contributed by atoms with van der Waals surface area (Å²) in [5.41, 5.74) is 1.08. The molecule has 1 atom stereocenters. The minimum Gasteiger partial charge on any atom is -0.381 e. The average Bonchev–Trinajstić information content (AvgIpc) is 2.46. The highest BCUT2D eigenvalue weighted by atomic mass is 79.9. The third-order valence-corrected chi connectivity index (χ3v) is 4.29. The van der Waals surface area contributed by atoms with Crippen LogP contribution >= 0.6 is 15.9 Å². The fourth-order valence-corrected chi connectivity index (χ4v) is 3.13. The minimum atomic E-state index is 0.330. The van der Waals surface area contributed by atoms with E-state index in [2.05, 4.69) is 42.0 Å². The first kappa shape index (κ1) is 15.7. The Morgan fingerprint density at radius 2 is 2.20 bits per heavy atom. The summed E-state index contributed by atoms with van der Waals surface area (Å²) < 4.78 is 6.58. The fourth-order valence-electron chi connectivity index (χ4n) is 2.35. The van der Waals surface area contributed by atoms with Crippen LogP contribution in [0.15, 0.2) is 4.47 Å². The van der Waals surface area contributed by atoms with Crippen molar-refractivity contribution in [3.63, 3.8) is 0 Å². The average molecular weight is 342 g/mol. The summed E-state index contributed by atoms with van der Waals surface area (Å²) in [6, 6.07) is 0. The Hall–Kier alpha value is -0.680. The van der Waals surface area contributed by atoms with Crippen molar-refractivity contribution in [2.24, 2.45) is 0 Å². The molecule has 2 rings (SSSR count). The van der Waals surface area contributed by atoms with Gasteiger partial charge in [0.2, 0.25) is 0 Å². The Balaban J connectivity index is 2.32. The molecule has 112 valence electrons. The van der Waals surface area contributed by atoms with E-state index in [-0.39, 0.29) is 0 Å². The minimum absolute atomic E-state index is 0.330. The standard InChI is InChI=1S/C15H24BrN3O/c1-4-7-17-15-12(16)13(10(2)3)18-14(19-15)11-6-5-8-20-9-11/h10-11H,4-9H2,1-3H3,(H,17,18,19). The van der Waals surface area contributed by atoms with Crippen LogP contribution in [0.2, 0.25) is 0 Å². The number of anilines is 1. The van der Waals surface area contributed by atoms with Gasteiger partial charge in [-0.25, -0.2) is 9.97 Å². The molecule has 0 saturated carbocycles. The largest absolute Gasteiger partial charge is 0.381 e. The summed E-state index contributed by atoms with van der Waals surface area (Å²) in [5, 5.41) is 3.40. The van der Waals surface area contributed by atoms with Gasteiger partial charge in [0.25, 0.3) is 0 Å². The number of aromatic nitrogens is 2. The van der Waals surface area contributed by atoms with Crippen molar-refractivity contribution in [1.29, 1.82) is 0 Å². The summed E-state index contributed by atoms with van der Waals surface area (Å²) in [7, 11) is 0. The van der Waals surface area contributed by atoms with Gasteiger partial charge in [-0.1, -0.05) is 20.8 Å². The van der Waals surface area contributed by atoms with E-state index in [4.69, 9.17) is 14.7 Å². The molecular weight excluding hydrogens is 318 g/mol. The summed E-state index contributed by atoms with van der Waals surface area (Å²) >= 11 is 3.65. The first-order chi connectivity index (χ1) is 9.63. The number of halogens is 1. The third-order valence-electron chi connectivity index (χ3n) is 3.51. The molecule has 0 bridgehead atoms. The SMILES string of the molecule is CCCNc1nc(C2CCCOC2)nc(C(C)C)c1Br.